The van der Waals surface area contributed by atoms with Crippen LogP contribution in [-0.2, 0) is 14.6 Å². The lowest BCUT2D eigenvalue weighted by molar-refractivity contribution is -0.116. The van der Waals surface area contributed by atoms with E-state index in [2.05, 4.69) is 15.5 Å². The number of nitrogens with one attached hydrogen (secondary N) is 2. The van der Waals surface area contributed by atoms with Crippen LogP contribution in [0.1, 0.15) is 12.8 Å². The van der Waals surface area contributed by atoms with Gasteiger partial charge >= 0.3 is 0 Å². The van der Waals surface area contributed by atoms with Gasteiger partial charge in [-0.15, -0.1) is 11.3 Å². The van der Waals surface area contributed by atoms with Crippen LogP contribution in [0.15, 0.2) is 52.7 Å². The van der Waals surface area contributed by atoms with Gasteiger partial charge in [0.05, 0.1) is 22.1 Å². The van der Waals surface area contributed by atoms with E-state index in [0.29, 0.717) is 31.0 Å². The molecule has 3 aromatic rings. The third kappa shape index (κ3) is 5.41. The molecule has 3 rings (SSSR count). The van der Waals surface area contributed by atoms with Gasteiger partial charge in [-0.2, -0.15) is 5.10 Å². The molecule has 2 heterocycles. The van der Waals surface area contributed by atoms with Crippen molar-refractivity contribution in [2.24, 2.45) is 0 Å². The Bertz CT molecular complexity index is 994. The summed E-state index contributed by atoms with van der Waals surface area (Å²) in [5, 5.41) is 11.7. The molecule has 0 aliphatic carbocycles. The number of aromatic amines is 1. The lowest BCUT2D eigenvalue weighted by atomic mass is 10.3. The van der Waals surface area contributed by atoms with Gasteiger partial charge in [-0.1, -0.05) is 6.07 Å². The third-order valence-corrected chi connectivity index (χ3v) is 5.73. The molecule has 0 fully saturated rings. The number of anilines is 1. The number of sulfone groups is 1. The van der Waals surface area contributed by atoms with Gasteiger partial charge in [-0.25, -0.2) is 8.42 Å². The SMILES string of the molecule is CS(=O)(=O)c1ccc(OCCCC(=O)Nc2cc(-c3cccs3)[nH]n2)cc1. The van der Waals surface area contributed by atoms with Crippen molar-refractivity contribution < 1.29 is 17.9 Å². The number of hydrogen-bond donors (Lipinski definition) is 2. The molecule has 142 valence electrons. The van der Waals surface area contributed by atoms with E-state index >= 15 is 0 Å². The Hall–Kier alpha value is -2.65. The summed E-state index contributed by atoms with van der Waals surface area (Å²) in [6, 6.07) is 11.9. The van der Waals surface area contributed by atoms with Crippen LogP contribution in [-0.4, -0.2) is 37.4 Å². The van der Waals surface area contributed by atoms with Crippen LogP contribution < -0.4 is 10.1 Å². The van der Waals surface area contributed by atoms with Crippen LogP contribution in [0.3, 0.4) is 0 Å². The highest BCUT2D eigenvalue weighted by Crippen LogP contribution is 2.24. The van der Waals surface area contributed by atoms with E-state index in [-0.39, 0.29) is 10.8 Å². The highest BCUT2D eigenvalue weighted by Gasteiger charge is 2.09. The van der Waals surface area contributed by atoms with Crippen molar-refractivity contribution >= 4 is 32.9 Å². The lowest BCUT2D eigenvalue weighted by Crippen LogP contribution is -2.13. The lowest BCUT2D eigenvalue weighted by Gasteiger charge is -2.07. The summed E-state index contributed by atoms with van der Waals surface area (Å²) < 4.78 is 28.3. The molecule has 9 heteroatoms. The Kier molecular flexibility index (Phi) is 5.92. The van der Waals surface area contributed by atoms with E-state index in [1.54, 1.807) is 29.5 Å². The first-order valence-corrected chi connectivity index (χ1v) is 11.0. The van der Waals surface area contributed by atoms with Gasteiger partial charge in [0, 0.05) is 18.7 Å². The highest BCUT2D eigenvalue weighted by atomic mass is 32.2. The van der Waals surface area contributed by atoms with Gasteiger partial charge < -0.3 is 10.1 Å². The minimum absolute atomic E-state index is 0.143. The monoisotopic (exact) mass is 405 g/mol. The first-order valence-electron chi connectivity index (χ1n) is 8.24. The summed E-state index contributed by atoms with van der Waals surface area (Å²) >= 11 is 1.59. The van der Waals surface area contributed by atoms with Crippen molar-refractivity contribution in [3.63, 3.8) is 0 Å². The Balaban J connectivity index is 1.41. The van der Waals surface area contributed by atoms with Gasteiger partial charge in [0.2, 0.25) is 5.91 Å². The van der Waals surface area contributed by atoms with Crippen molar-refractivity contribution in [2.45, 2.75) is 17.7 Å². The number of thiophene rings is 1. The predicted molar refractivity (Wildman–Crippen MR) is 105 cm³/mol. The number of nitrogens with zero attached hydrogens (tertiary/aromatic N) is 1. The molecule has 0 spiro atoms. The summed E-state index contributed by atoms with van der Waals surface area (Å²) in [7, 11) is -3.21. The number of aromatic nitrogens is 2. The zero-order valence-electron chi connectivity index (χ0n) is 14.6. The van der Waals surface area contributed by atoms with Crippen LogP contribution >= 0.6 is 11.3 Å². The summed E-state index contributed by atoms with van der Waals surface area (Å²) in [6.07, 6.45) is 1.98. The Morgan fingerprint density at radius 3 is 2.70 bits per heavy atom. The summed E-state index contributed by atoms with van der Waals surface area (Å²) in [6.45, 7) is 0.354. The van der Waals surface area contributed by atoms with E-state index in [0.717, 1.165) is 16.8 Å². The average molecular weight is 406 g/mol. The van der Waals surface area contributed by atoms with E-state index in [1.165, 1.54) is 12.1 Å². The molecule has 0 saturated carbocycles. The maximum Gasteiger partial charge on any atom is 0.225 e. The fourth-order valence-electron chi connectivity index (χ4n) is 2.35. The Morgan fingerprint density at radius 1 is 1.26 bits per heavy atom. The number of carbonyl (C=O) groups is 1. The van der Waals surface area contributed by atoms with Crippen LogP contribution in [0.4, 0.5) is 5.82 Å². The number of ether oxygens (including phenoxy) is 1. The maximum atomic E-state index is 12.0. The Labute approximate surface area is 161 Å². The predicted octanol–water partition coefficient (Wildman–Crippen LogP) is 3.34. The van der Waals surface area contributed by atoms with Gasteiger partial charge in [0.1, 0.15) is 5.75 Å². The quantitative estimate of drug-likeness (QED) is 0.560. The first-order chi connectivity index (χ1) is 12.9. The van der Waals surface area contributed by atoms with Gasteiger partial charge in [0.25, 0.3) is 0 Å². The molecular formula is C18H19N3O4S2. The average Bonchev–Trinajstić information content (AvgIpc) is 3.30. The molecule has 27 heavy (non-hydrogen) atoms. The largest absolute Gasteiger partial charge is 0.494 e. The minimum Gasteiger partial charge on any atom is -0.494 e. The second-order valence-corrected chi connectivity index (χ2v) is 8.85. The minimum atomic E-state index is -3.21. The maximum absolute atomic E-state index is 12.0. The van der Waals surface area contributed by atoms with Crippen molar-refractivity contribution in [1.82, 2.24) is 10.2 Å². The van der Waals surface area contributed by atoms with Crippen LogP contribution in [0.5, 0.6) is 5.75 Å². The smallest absolute Gasteiger partial charge is 0.225 e. The molecule has 1 aromatic carbocycles. The number of amides is 1. The van der Waals surface area contributed by atoms with Gasteiger partial charge in [0.15, 0.2) is 15.7 Å². The fourth-order valence-corrected chi connectivity index (χ4v) is 3.68. The molecule has 2 N–H and O–H groups in total. The summed E-state index contributed by atoms with van der Waals surface area (Å²) in [5.41, 5.74) is 0.862. The Morgan fingerprint density at radius 2 is 2.04 bits per heavy atom. The molecule has 1 amide bonds. The molecule has 0 bridgehead atoms. The van der Waals surface area contributed by atoms with E-state index < -0.39 is 9.84 Å². The van der Waals surface area contributed by atoms with Crippen LogP contribution in [0.2, 0.25) is 0 Å². The number of carbonyl (C=O) groups excluding carboxylic acids is 1. The van der Waals surface area contributed by atoms with Crippen molar-refractivity contribution in [2.75, 3.05) is 18.2 Å². The number of rotatable bonds is 8. The standard InChI is InChI=1S/C18H19N3O4S2/c1-27(23,24)14-8-6-13(7-9-14)25-10-2-5-18(22)19-17-12-15(20-21-17)16-4-3-11-26-16/h3-4,6-9,11-12H,2,5,10H2,1H3,(H2,19,20,21,22). The van der Waals surface area contributed by atoms with Gasteiger partial charge in [-0.05, 0) is 42.1 Å². The zero-order chi connectivity index (χ0) is 19.3. The number of H-pyrrole nitrogens is 1. The molecule has 0 atom stereocenters. The summed E-state index contributed by atoms with van der Waals surface area (Å²) in [5.74, 6) is 0.909. The highest BCUT2D eigenvalue weighted by molar-refractivity contribution is 7.90. The molecule has 2 aromatic heterocycles. The second-order valence-electron chi connectivity index (χ2n) is 5.89. The van der Waals surface area contributed by atoms with Crippen LogP contribution in [0.25, 0.3) is 10.6 Å². The molecule has 0 radical (unpaired) electrons. The zero-order valence-corrected chi connectivity index (χ0v) is 16.3. The van der Waals surface area contributed by atoms with Crippen LogP contribution in [0, 0.1) is 0 Å². The molecule has 0 saturated heterocycles. The molecule has 7 nitrogen and oxygen atoms in total. The first kappa shape index (κ1) is 19.1. The number of benzene rings is 1. The molecule has 0 aliphatic rings. The molecule has 0 aliphatic heterocycles. The summed E-state index contributed by atoms with van der Waals surface area (Å²) in [4.78, 5) is 13.3. The van der Waals surface area contributed by atoms with Crippen molar-refractivity contribution in [3.05, 3.63) is 47.8 Å². The van der Waals surface area contributed by atoms with Crippen molar-refractivity contribution in [3.8, 4) is 16.3 Å². The van der Waals surface area contributed by atoms with Crippen molar-refractivity contribution in [1.29, 1.82) is 0 Å². The van der Waals surface area contributed by atoms with E-state index in [9.17, 15) is 13.2 Å². The fraction of sp³-hybridized carbons (Fsp3) is 0.222. The van der Waals surface area contributed by atoms with E-state index in [1.807, 2.05) is 17.5 Å². The second kappa shape index (κ2) is 8.36. The number of hydrogen-bond acceptors (Lipinski definition) is 6. The molecular weight excluding hydrogens is 386 g/mol. The van der Waals surface area contributed by atoms with Gasteiger partial charge in [-0.3, -0.25) is 9.89 Å². The normalized spacial score (nSPS) is 11.3. The topological polar surface area (TPSA) is 101 Å². The third-order valence-electron chi connectivity index (χ3n) is 3.70. The molecule has 0 unspecified atom stereocenters. The van der Waals surface area contributed by atoms with E-state index in [4.69, 9.17) is 4.74 Å².